The van der Waals surface area contributed by atoms with Crippen LogP contribution in [0, 0.1) is 6.92 Å². The van der Waals surface area contributed by atoms with Gasteiger partial charge in [-0.1, -0.05) is 35.9 Å². The quantitative estimate of drug-likeness (QED) is 0.780. The number of aryl methyl sites for hydroxylation is 1. The fourth-order valence-electron chi connectivity index (χ4n) is 1.96. The normalized spacial score (nSPS) is 10.3. The van der Waals surface area contributed by atoms with Gasteiger partial charge in [-0.05, 0) is 24.6 Å². The first kappa shape index (κ1) is 14.4. The van der Waals surface area contributed by atoms with Gasteiger partial charge in [0.2, 0.25) is 0 Å². The first-order chi connectivity index (χ1) is 9.78. The van der Waals surface area contributed by atoms with E-state index in [0.717, 1.165) is 18.0 Å². The molecule has 0 radical (unpaired) electrons. The van der Waals surface area contributed by atoms with Crippen LogP contribution in [0.4, 0.5) is 5.69 Å². The average molecular weight is 271 g/mol. The molecule has 0 heterocycles. The minimum atomic E-state index is 0.567. The molecule has 3 nitrogen and oxygen atoms in total. The highest BCUT2D eigenvalue weighted by Gasteiger charge is 1.98. The second kappa shape index (κ2) is 7.56. The zero-order valence-corrected chi connectivity index (χ0v) is 12.1. The van der Waals surface area contributed by atoms with Gasteiger partial charge in [-0.15, -0.1) is 0 Å². The first-order valence-corrected chi connectivity index (χ1v) is 6.79. The van der Waals surface area contributed by atoms with Gasteiger partial charge in [0.05, 0.1) is 6.61 Å². The lowest BCUT2D eigenvalue weighted by Gasteiger charge is -2.10. The van der Waals surface area contributed by atoms with Crippen molar-refractivity contribution < 1.29 is 9.47 Å². The maximum atomic E-state index is 5.59. The third kappa shape index (κ3) is 4.59. The Morgan fingerprint density at radius 1 is 1.00 bits per heavy atom. The molecule has 0 saturated carbocycles. The van der Waals surface area contributed by atoms with Crippen LogP contribution in [-0.2, 0) is 11.3 Å². The van der Waals surface area contributed by atoms with Crippen LogP contribution in [0.2, 0.25) is 0 Å². The molecule has 2 aromatic rings. The summed E-state index contributed by atoms with van der Waals surface area (Å²) in [5, 5.41) is 3.41. The number of methoxy groups -OCH3 is 1. The molecule has 0 aromatic heterocycles. The van der Waals surface area contributed by atoms with Gasteiger partial charge in [0, 0.05) is 25.4 Å². The molecule has 0 unspecified atom stereocenters. The molecule has 0 aliphatic rings. The molecule has 0 saturated heterocycles. The van der Waals surface area contributed by atoms with Crippen LogP contribution in [-0.4, -0.2) is 20.3 Å². The van der Waals surface area contributed by atoms with Crippen molar-refractivity contribution in [1.82, 2.24) is 0 Å². The molecule has 2 rings (SSSR count). The van der Waals surface area contributed by atoms with Crippen LogP contribution in [0.3, 0.4) is 0 Å². The Morgan fingerprint density at radius 2 is 1.85 bits per heavy atom. The number of rotatable bonds is 7. The molecule has 106 valence electrons. The van der Waals surface area contributed by atoms with Crippen molar-refractivity contribution >= 4 is 5.69 Å². The van der Waals surface area contributed by atoms with E-state index in [4.69, 9.17) is 9.47 Å². The molecular weight excluding hydrogens is 250 g/mol. The minimum absolute atomic E-state index is 0.567. The number of hydrogen-bond acceptors (Lipinski definition) is 3. The Bertz CT molecular complexity index is 540. The van der Waals surface area contributed by atoms with E-state index in [1.54, 1.807) is 7.11 Å². The molecule has 20 heavy (non-hydrogen) atoms. The number of hydrogen-bond donors (Lipinski definition) is 1. The zero-order valence-electron chi connectivity index (χ0n) is 12.1. The van der Waals surface area contributed by atoms with Crippen LogP contribution in [0.5, 0.6) is 5.75 Å². The summed E-state index contributed by atoms with van der Waals surface area (Å²) in [6.07, 6.45) is 0. The summed E-state index contributed by atoms with van der Waals surface area (Å²) in [5.41, 5.74) is 3.61. The van der Waals surface area contributed by atoms with Gasteiger partial charge < -0.3 is 14.8 Å². The Balaban J connectivity index is 1.91. The number of ether oxygens (including phenoxy) is 2. The zero-order chi connectivity index (χ0) is 14.2. The lowest BCUT2D eigenvalue weighted by molar-refractivity contribution is 0.146. The summed E-state index contributed by atoms with van der Waals surface area (Å²) in [6, 6.07) is 16.5. The fraction of sp³-hybridized carbons (Fsp3) is 0.294. The van der Waals surface area contributed by atoms with Gasteiger partial charge in [0.15, 0.2) is 0 Å². The summed E-state index contributed by atoms with van der Waals surface area (Å²) in [5.74, 6) is 0.858. The van der Waals surface area contributed by atoms with Crippen molar-refractivity contribution in [2.24, 2.45) is 0 Å². The predicted molar refractivity (Wildman–Crippen MR) is 82.3 cm³/mol. The Morgan fingerprint density at radius 3 is 2.65 bits per heavy atom. The highest BCUT2D eigenvalue weighted by molar-refractivity contribution is 5.48. The van der Waals surface area contributed by atoms with Crippen molar-refractivity contribution in [3.8, 4) is 5.75 Å². The largest absolute Gasteiger partial charge is 0.491 e. The van der Waals surface area contributed by atoms with Crippen molar-refractivity contribution in [2.75, 3.05) is 25.6 Å². The monoisotopic (exact) mass is 271 g/mol. The number of benzene rings is 2. The van der Waals surface area contributed by atoms with Crippen LogP contribution in [0.1, 0.15) is 11.1 Å². The molecule has 0 fully saturated rings. The van der Waals surface area contributed by atoms with Crippen LogP contribution in [0.15, 0.2) is 48.5 Å². The molecule has 1 N–H and O–H groups in total. The van der Waals surface area contributed by atoms with Crippen molar-refractivity contribution in [1.29, 1.82) is 0 Å². The van der Waals surface area contributed by atoms with Gasteiger partial charge in [-0.25, -0.2) is 0 Å². The molecule has 0 bridgehead atoms. The van der Waals surface area contributed by atoms with E-state index >= 15 is 0 Å². The summed E-state index contributed by atoms with van der Waals surface area (Å²) in [6.45, 7) is 4.08. The number of anilines is 1. The number of nitrogens with one attached hydrogen (secondary N) is 1. The van der Waals surface area contributed by atoms with Crippen LogP contribution in [0.25, 0.3) is 0 Å². The third-order valence-corrected chi connectivity index (χ3v) is 2.97. The standard InChI is InChI=1S/C17H21NO2/c1-14-5-3-6-15(11-14)13-18-16-7-4-8-17(12-16)20-10-9-19-2/h3-8,11-12,18H,9-10,13H2,1-2H3. The van der Waals surface area contributed by atoms with Crippen molar-refractivity contribution in [3.05, 3.63) is 59.7 Å². The van der Waals surface area contributed by atoms with E-state index in [1.165, 1.54) is 11.1 Å². The maximum absolute atomic E-state index is 5.59. The smallest absolute Gasteiger partial charge is 0.121 e. The van der Waals surface area contributed by atoms with E-state index in [9.17, 15) is 0 Å². The van der Waals surface area contributed by atoms with Gasteiger partial charge >= 0.3 is 0 Å². The maximum Gasteiger partial charge on any atom is 0.121 e. The Labute approximate surface area is 120 Å². The highest BCUT2D eigenvalue weighted by atomic mass is 16.5. The fourth-order valence-corrected chi connectivity index (χ4v) is 1.96. The first-order valence-electron chi connectivity index (χ1n) is 6.79. The lowest BCUT2D eigenvalue weighted by Crippen LogP contribution is -2.05. The summed E-state index contributed by atoms with van der Waals surface area (Å²) < 4.78 is 10.6. The van der Waals surface area contributed by atoms with Crippen LogP contribution >= 0.6 is 0 Å². The summed E-state index contributed by atoms with van der Waals surface area (Å²) in [4.78, 5) is 0. The topological polar surface area (TPSA) is 30.5 Å². The van der Waals surface area contributed by atoms with Gasteiger partial charge in [-0.2, -0.15) is 0 Å². The third-order valence-electron chi connectivity index (χ3n) is 2.97. The molecule has 0 aliphatic carbocycles. The van der Waals surface area contributed by atoms with Crippen molar-refractivity contribution in [3.63, 3.8) is 0 Å². The minimum Gasteiger partial charge on any atom is -0.491 e. The predicted octanol–water partition coefficient (Wildman–Crippen LogP) is 3.63. The molecule has 0 atom stereocenters. The SMILES string of the molecule is COCCOc1cccc(NCc2cccc(C)c2)c1. The molecule has 0 amide bonds. The van der Waals surface area contributed by atoms with Crippen LogP contribution < -0.4 is 10.1 Å². The van der Waals surface area contributed by atoms with Gasteiger partial charge in [0.25, 0.3) is 0 Å². The Hall–Kier alpha value is -2.00. The average Bonchev–Trinajstić information content (AvgIpc) is 2.46. The molecule has 2 aromatic carbocycles. The second-order valence-electron chi connectivity index (χ2n) is 4.71. The summed E-state index contributed by atoms with van der Waals surface area (Å²) >= 11 is 0. The van der Waals surface area contributed by atoms with Crippen molar-refractivity contribution in [2.45, 2.75) is 13.5 Å². The van der Waals surface area contributed by atoms with E-state index in [2.05, 4.69) is 36.5 Å². The second-order valence-corrected chi connectivity index (χ2v) is 4.71. The van der Waals surface area contributed by atoms with E-state index in [-0.39, 0.29) is 0 Å². The Kier molecular flexibility index (Phi) is 5.44. The molecule has 0 aliphatic heterocycles. The van der Waals surface area contributed by atoms with Gasteiger partial charge in [-0.3, -0.25) is 0 Å². The van der Waals surface area contributed by atoms with E-state index < -0.39 is 0 Å². The van der Waals surface area contributed by atoms with E-state index in [1.807, 2.05) is 24.3 Å². The molecular formula is C17H21NO2. The summed E-state index contributed by atoms with van der Waals surface area (Å²) in [7, 11) is 1.67. The molecule has 0 spiro atoms. The highest BCUT2D eigenvalue weighted by Crippen LogP contribution is 2.18. The molecule has 3 heteroatoms. The van der Waals surface area contributed by atoms with E-state index in [0.29, 0.717) is 13.2 Å². The van der Waals surface area contributed by atoms with Gasteiger partial charge in [0.1, 0.15) is 12.4 Å². The lowest BCUT2D eigenvalue weighted by atomic mass is 10.1.